The summed E-state index contributed by atoms with van der Waals surface area (Å²) in [6.07, 6.45) is 15.0. The molecule has 8 aliphatic rings. The van der Waals surface area contributed by atoms with Gasteiger partial charge in [0.1, 0.15) is 0 Å². The minimum atomic E-state index is -0.429. The summed E-state index contributed by atoms with van der Waals surface area (Å²) < 4.78 is 0. The summed E-state index contributed by atoms with van der Waals surface area (Å²) >= 11 is 0. The van der Waals surface area contributed by atoms with Crippen molar-refractivity contribution >= 4 is 29.2 Å². The number of likely N-dealkylation sites (tertiary alicyclic amines) is 2. The Morgan fingerprint density at radius 3 is 1.80 bits per heavy atom. The number of amides is 4. The standard InChI is InChI=1S/C34H38N2O4/c37-31-25-18-24(19-10-4-1-5-11-19)26-22-16-17-23(27(26)30(25)34(40)35(31)20-12-6-2-7-13-20)29-28(22)32(38)36(33(29)39)21-14-8-3-9-15-21/h1,4-5,10-11,16-17,20-23,25,27-30H,2-3,6-9,12-15,18H2/t22-,23-,25-,27+,28-,29-,30+/m1/s1. The summed E-state index contributed by atoms with van der Waals surface area (Å²) in [5.74, 6) is -2.26. The Morgan fingerprint density at radius 1 is 0.575 bits per heavy atom. The predicted molar refractivity (Wildman–Crippen MR) is 149 cm³/mol. The SMILES string of the molecule is O=C1[C@@H]2[C@@H]3C=C[C@H](C4=C(c5ccccc5)C[C@H]5C(=O)N(C6CCCCC6)C(=O)[C@@H]5[C@H]43)[C@H]2C(=O)N1C1CCCCC1. The molecule has 2 heterocycles. The van der Waals surface area contributed by atoms with E-state index < -0.39 is 11.8 Å². The molecule has 9 rings (SSSR count). The molecule has 0 spiro atoms. The summed E-state index contributed by atoms with van der Waals surface area (Å²) in [4.78, 5) is 59.8. The Labute approximate surface area is 235 Å². The number of hydrogen-bond acceptors (Lipinski definition) is 4. The zero-order valence-electron chi connectivity index (χ0n) is 23.0. The number of hydrogen-bond donors (Lipinski definition) is 0. The number of nitrogens with zero attached hydrogens (tertiary/aromatic N) is 2. The first kappa shape index (κ1) is 24.8. The van der Waals surface area contributed by atoms with Crippen molar-refractivity contribution in [1.82, 2.24) is 9.80 Å². The lowest BCUT2D eigenvalue weighted by molar-refractivity contribution is -0.145. The molecule has 2 bridgehead atoms. The van der Waals surface area contributed by atoms with Crippen molar-refractivity contribution in [3.63, 3.8) is 0 Å². The van der Waals surface area contributed by atoms with Crippen LogP contribution in [0.1, 0.15) is 76.2 Å². The lowest BCUT2D eigenvalue weighted by atomic mass is 9.49. The molecule has 40 heavy (non-hydrogen) atoms. The van der Waals surface area contributed by atoms with Crippen LogP contribution in [0.2, 0.25) is 0 Å². The van der Waals surface area contributed by atoms with Gasteiger partial charge in [-0.2, -0.15) is 0 Å². The summed E-state index contributed by atoms with van der Waals surface area (Å²) in [6.45, 7) is 0. The highest BCUT2D eigenvalue weighted by Crippen LogP contribution is 2.63. The molecule has 6 nitrogen and oxygen atoms in total. The van der Waals surface area contributed by atoms with Gasteiger partial charge in [-0.1, -0.05) is 86.6 Å². The Hall–Kier alpha value is -3.02. The van der Waals surface area contributed by atoms with Crippen molar-refractivity contribution in [2.45, 2.75) is 82.7 Å². The van der Waals surface area contributed by atoms with Crippen molar-refractivity contribution in [2.75, 3.05) is 0 Å². The van der Waals surface area contributed by atoms with E-state index in [-0.39, 0.29) is 65.3 Å². The van der Waals surface area contributed by atoms with Crippen molar-refractivity contribution in [1.29, 1.82) is 0 Å². The number of rotatable bonds is 3. The first-order valence-electron chi connectivity index (χ1n) is 15.8. The van der Waals surface area contributed by atoms with Gasteiger partial charge in [0.2, 0.25) is 23.6 Å². The molecule has 0 N–H and O–H groups in total. The Balaban J connectivity index is 1.24. The summed E-state index contributed by atoms with van der Waals surface area (Å²) in [6, 6.07) is 10.2. The zero-order chi connectivity index (χ0) is 27.1. The summed E-state index contributed by atoms with van der Waals surface area (Å²) in [7, 11) is 0. The number of carbonyl (C=O) groups is 4. The van der Waals surface area contributed by atoms with E-state index in [4.69, 9.17) is 0 Å². The lowest BCUT2D eigenvalue weighted by Gasteiger charge is -2.51. The third kappa shape index (κ3) is 3.34. The Kier molecular flexibility index (Phi) is 5.72. The van der Waals surface area contributed by atoms with E-state index in [0.29, 0.717) is 6.42 Å². The van der Waals surface area contributed by atoms with Gasteiger partial charge in [-0.05, 0) is 49.2 Å². The van der Waals surface area contributed by atoms with Gasteiger partial charge in [0.25, 0.3) is 0 Å². The van der Waals surface area contributed by atoms with Crippen LogP contribution in [0.4, 0.5) is 0 Å². The van der Waals surface area contributed by atoms with Gasteiger partial charge in [0.15, 0.2) is 0 Å². The van der Waals surface area contributed by atoms with E-state index in [1.54, 1.807) is 9.80 Å². The molecule has 6 aliphatic carbocycles. The third-order valence-corrected chi connectivity index (χ3v) is 11.6. The normalized spacial score (nSPS) is 37.9. The lowest BCUT2D eigenvalue weighted by Crippen LogP contribution is -2.51. The predicted octanol–water partition coefficient (Wildman–Crippen LogP) is 5.14. The molecule has 5 fully saturated rings. The van der Waals surface area contributed by atoms with Gasteiger partial charge < -0.3 is 0 Å². The molecule has 208 valence electrons. The highest BCUT2D eigenvalue weighted by Gasteiger charge is 2.67. The van der Waals surface area contributed by atoms with Crippen LogP contribution in [-0.2, 0) is 19.2 Å². The largest absolute Gasteiger partial charge is 0.279 e. The summed E-state index contributed by atoms with van der Waals surface area (Å²) in [5, 5.41) is 0. The first-order valence-corrected chi connectivity index (χ1v) is 15.8. The quantitative estimate of drug-likeness (QED) is 0.394. The second kappa shape index (κ2) is 9.25. The van der Waals surface area contributed by atoms with E-state index in [9.17, 15) is 19.2 Å². The van der Waals surface area contributed by atoms with Crippen molar-refractivity contribution in [2.24, 2.45) is 41.4 Å². The maximum atomic E-state index is 14.3. The minimum absolute atomic E-state index is 0.000563. The molecule has 1 aromatic rings. The van der Waals surface area contributed by atoms with E-state index in [2.05, 4.69) is 24.3 Å². The second-order valence-corrected chi connectivity index (χ2v) is 13.4. The van der Waals surface area contributed by atoms with Crippen LogP contribution in [0, 0.1) is 41.4 Å². The highest BCUT2D eigenvalue weighted by atomic mass is 16.2. The monoisotopic (exact) mass is 538 g/mol. The Morgan fingerprint density at radius 2 is 1.15 bits per heavy atom. The van der Waals surface area contributed by atoms with E-state index in [1.165, 1.54) is 12.0 Å². The van der Waals surface area contributed by atoms with Crippen LogP contribution >= 0.6 is 0 Å². The first-order chi connectivity index (χ1) is 19.6. The molecule has 1 aromatic carbocycles. The van der Waals surface area contributed by atoms with Crippen molar-refractivity contribution in [3.05, 3.63) is 53.6 Å². The molecule has 3 saturated carbocycles. The fourth-order valence-electron chi connectivity index (χ4n) is 9.96. The van der Waals surface area contributed by atoms with Crippen LogP contribution in [0.5, 0.6) is 0 Å². The molecule has 6 heteroatoms. The van der Waals surface area contributed by atoms with Crippen molar-refractivity contribution in [3.8, 4) is 0 Å². The molecule has 7 atom stereocenters. The maximum absolute atomic E-state index is 14.3. The van der Waals surface area contributed by atoms with Gasteiger partial charge in [-0.25, -0.2) is 0 Å². The number of imide groups is 2. The van der Waals surface area contributed by atoms with Gasteiger partial charge in [-0.15, -0.1) is 0 Å². The Bertz CT molecular complexity index is 1330. The number of benzene rings is 1. The van der Waals surface area contributed by atoms with Crippen molar-refractivity contribution < 1.29 is 19.2 Å². The van der Waals surface area contributed by atoms with Crippen LogP contribution in [0.3, 0.4) is 0 Å². The zero-order valence-corrected chi connectivity index (χ0v) is 23.0. The van der Waals surface area contributed by atoms with Crippen LogP contribution < -0.4 is 0 Å². The average molecular weight is 539 g/mol. The average Bonchev–Trinajstić information content (AvgIpc) is 3.43. The van der Waals surface area contributed by atoms with E-state index >= 15 is 0 Å². The molecule has 0 aromatic heterocycles. The molecular formula is C34H38N2O4. The van der Waals surface area contributed by atoms with Crippen LogP contribution in [-0.4, -0.2) is 45.5 Å². The highest BCUT2D eigenvalue weighted by molar-refractivity contribution is 6.09. The fourth-order valence-corrected chi connectivity index (χ4v) is 9.96. The van der Waals surface area contributed by atoms with Gasteiger partial charge in [0, 0.05) is 23.9 Å². The topological polar surface area (TPSA) is 74.8 Å². The smallest absolute Gasteiger partial charge is 0.234 e. The molecule has 0 unspecified atom stereocenters. The molecule has 2 saturated heterocycles. The summed E-state index contributed by atoms with van der Waals surface area (Å²) in [5.41, 5.74) is 3.38. The maximum Gasteiger partial charge on any atom is 0.234 e. The van der Waals surface area contributed by atoms with Crippen LogP contribution in [0.15, 0.2) is 48.1 Å². The molecule has 2 aliphatic heterocycles. The minimum Gasteiger partial charge on any atom is -0.279 e. The molecule has 0 radical (unpaired) electrons. The van der Waals surface area contributed by atoms with E-state index in [0.717, 1.165) is 68.9 Å². The second-order valence-electron chi connectivity index (χ2n) is 13.4. The number of fused-ring (bicyclic) bond motifs is 1. The van der Waals surface area contributed by atoms with Gasteiger partial charge >= 0.3 is 0 Å². The van der Waals surface area contributed by atoms with Gasteiger partial charge in [0.05, 0.1) is 23.7 Å². The molecular weight excluding hydrogens is 500 g/mol. The number of allylic oxidation sites excluding steroid dienone is 4. The van der Waals surface area contributed by atoms with E-state index in [1.807, 2.05) is 18.2 Å². The van der Waals surface area contributed by atoms with Crippen LogP contribution in [0.25, 0.3) is 5.57 Å². The molecule has 4 amide bonds. The number of carbonyl (C=O) groups excluding carboxylic acids is 4. The van der Waals surface area contributed by atoms with Gasteiger partial charge in [-0.3, -0.25) is 29.0 Å². The third-order valence-electron chi connectivity index (χ3n) is 11.6. The fraction of sp³-hybridized carbons (Fsp3) is 0.588.